The van der Waals surface area contributed by atoms with Crippen LogP contribution in [-0.2, 0) is 6.54 Å². The third-order valence-electron chi connectivity index (χ3n) is 4.11. The first-order valence-electron chi connectivity index (χ1n) is 8.64. The molecule has 0 spiro atoms. The molecule has 2 N–H and O–H groups in total. The van der Waals surface area contributed by atoms with Crippen LogP contribution in [0.2, 0.25) is 0 Å². The van der Waals surface area contributed by atoms with E-state index in [1.165, 1.54) is 24.3 Å². The van der Waals surface area contributed by atoms with Crippen LogP contribution in [0.5, 0.6) is 5.75 Å². The molecule has 142 valence electrons. The van der Waals surface area contributed by atoms with E-state index in [9.17, 15) is 14.0 Å². The van der Waals surface area contributed by atoms with Crippen molar-refractivity contribution in [2.24, 2.45) is 0 Å². The van der Waals surface area contributed by atoms with Gasteiger partial charge in [-0.2, -0.15) is 0 Å². The quantitative estimate of drug-likeness (QED) is 0.681. The highest BCUT2D eigenvalue weighted by molar-refractivity contribution is 6.08. The summed E-state index contributed by atoms with van der Waals surface area (Å²) >= 11 is 0. The number of amides is 2. The summed E-state index contributed by atoms with van der Waals surface area (Å²) in [5.74, 6) is -0.460. The molecule has 3 aromatic carbocycles. The van der Waals surface area contributed by atoms with Crippen LogP contribution in [0.3, 0.4) is 0 Å². The minimum Gasteiger partial charge on any atom is -0.497 e. The number of ether oxygens (including phenoxy) is 1. The fourth-order valence-electron chi connectivity index (χ4n) is 2.65. The topological polar surface area (TPSA) is 67.4 Å². The van der Waals surface area contributed by atoms with Gasteiger partial charge in [0, 0.05) is 12.1 Å². The second-order valence-electron chi connectivity index (χ2n) is 6.04. The van der Waals surface area contributed by atoms with Gasteiger partial charge in [0.1, 0.15) is 11.6 Å². The zero-order valence-corrected chi connectivity index (χ0v) is 15.2. The van der Waals surface area contributed by atoms with Gasteiger partial charge in [0.25, 0.3) is 11.8 Å². The molecule has 5 nitrogen and oxygen atoms in total. The van der Waals surface area contributed by atoms with Gasteiger partial charge in [-0.25, -0.2) is 4.39 Å². The maximum atomic E-state index is 13.0. The molecular weight excluding hydrogens is 359 g/mol. The molecule has 0 aliphatic rings. The average Bonchev–Trinajstić information content (AvgIpc) is 2.73. The Labute approximate surface area is 162 Å². The van der Waals surface area contributed by atoms with E-state index >= 15 is 0 Å². The van der Waals surface area contributed by atoms with Gasteiger partial charge in [-0.05, 0) is 54.1 Å². The Hall–Kier alpha value is -3.67. The van der Waals surface area contributed by atoms with Crippen LogP contribution < -0.4 is 15.4 Å². The lowest BCUT2D eigenvalue weighted by Gasteiger charge is -2.12. The predicted octanol–water partition coefficient (Wildman–Crippen LogP) is 4.02. The summed E-state index contributed by atoms with van der Waals surface area (Å²) in [6.45, 7) is 0.316. The van der Waals surface area contributed by atoms with Crippen molar-refractivity contribution in [3.8, 4) is 5.75 Å². The number of nitrogens with one attached hydrogen (secondary N) is 2. The van der Waals surface area contributed by atoms with Gasteiger partial charge >= 0.3 is 0 Å². The molecule has 0 unspecified atom stereocenters. The number of anilines is 1. The first-order chi connectivity index (χ1) is 13.6. The summed E-state index contributed by atoms with van der Waals surface area (Å²) in [6, 6.07) is 19.3. The normalized spacial score (nSPS) is 10.2. The number of benzene rings is 3. The number of rotatable bonds is 6. The standard InChI is InChI=1S/C22H19FN2O3/c1-28-18-6-4-5-15(13-18)14-24-22(27)19-7-2-3-8-20(19)25-21(26)16-9-11-17(23)12-10-16/h2-13H,14H2,1H3,(H,24,27)(H,25,26). The molecule has 0 aliphatic carbocycles. The van der Waals surface area contributed by atoms with Crippen molar-refractivity contribution in [3.05, 3.63) is 95.3 Å². The van der Waals surface area contributed by atoms with E-state index in [1.807, 2.05) is 24.3 Å². The largest absolute Gasteiger partial charge is 0.497 e. The Morgan fingerprint density at radius 2 is 1.68 bits per heavy atom. The lowest BCUT2D eigenvalue weighted by Crippen LogP contribution is -2.24. The highest BCUT2D eigenvalue weighted by Gasteiger charge is 2.14. The number of para-hydroxylation sites is 1. The predicted molar refractivity (Wildman–Crippen MR) is 105 cm³/mol. The molecule has 0 fully saturated rings. The number of hydrogen-bond donors (Lipinski definition) is 2. The Balaban J connectivity index is 1.71. The first-order valence-corrected chi connectivity index (χ1v) is 8.64. The lowest BCUT2D eigenvalue weighted by molar-refractivity contribution is 0.0951. The highest BCUT2D eigenvalue weighted by Crippen LogP contribution is 2.17. The van der Waals surface area contributed by atoms with Gasteiger partial charge in [-0.3, -0.25) is 9.59 Å². The van der Waals surface area contributed by atoms with Crippen LogP contribution in [-0.4, -0.2) is 18.9 Å². The first kappa shape index (κ1) is 19.1. The van der Waals surface area contributed by atoms with Crippen molar-refractivity contribution in [2.75, 3.05) is 12.4 Å². The third-order valence-corrected chi connectivity index (χ3v) is 4.11. The molecule has 0 aliphatic heterocycles. The molecule has 0 heterocycles. The van der Waals surface area contributed by atoms with Crippen molar-refractivity contribution in [1.29, 1.82) is 0 Å². The molecule has 6 heteroatoms. The fourth-order valence-corrected chi connectivity index (χ4v) is 2.65. The van der Waals surface area contributed by atoms with Gasteiger partial charge in [-0.15, -0.1) is 0 Å². The Kier molecular flexibility index (Phi) is 6.01. The molecule has 0 atom stereocenters. The van der Waals surface area contributed by atoms with E-state index in [1.54, 1.807) is 31.4 Å². The molecule has 3 aromatic rings. The van der Waals surface area contributed by atoms with Crippen LogP contribution in [0.25, 0.3) is 0 Å². The second-order valence-corrected chi connectivity index (χ2v) is 6.04. The van der Waals surface area contributed by atoms with Crippen LogP contribution >= 0.6 is 0 Å². The average molecular weight is 378 g/mol. The smallest absolute Gasteiger partial charge is 0.255 e. The monoisotopic (exact) mass is 378 g/mol. The molecule has 0 aromatic heterocycles. The number of methoxy groups -OCH3 is 1. The lowest BCUT2D eigenvalue weighted by atomic mass is 10.1. The highest BCUT2D eigenvalue weighted by atomic mass is 19.1. The van der Waals surface area contributed by atoms with Gasteiger partial charge in [0.05, 0.1) is 18.4 Å². The number of carbonyl (C=O) groups is 2. The summed E-state index contributed by atoms with van der Waals surface area (Å²) in [5.41, 5.74) is 1.90. The molecule has 28 heavy (non-hydrogen) atoms. The fraction of sp³-hybridized carbons (Fsp3) is 0.0909. The van der Waals surface area contributed by atoms with Gasteiger partial charge in [0.2, 0.25) is 0 Å². The van der Waals surface area contributed by atoms with E-state index in [-0.39, 0.29) is 5.91 Å². The Morgan fingerprint density at radius 1 is 0.929 bits per heavy atom. The molecule has 3 rings (SSSR count). The summed E-state index contributed by atoms with van der Waals surface area (Å²) in [7, 11) is 1.58. The van der Waals surface area contributed by atoms with Crippen LogP contribution in [0, 0.1) is 5.82 Å². The van der Waals surface area contributed by atoms with Crippen molar-refractivity contribution >= 4 is 17.5 Å². The number of halogens is 1. The summed E-state index contributed by atoms with van der Waals surface area (Å²) < 4.78 is 18.2. The Bertz CT molecular complexity index is 987. The van der Waals surface area contributed by atoms with Crippen molar-refractivity contribution in [3.63, 3.8) is 0 Å². The maximum absolute atomic E-state index is 13.0. The van der Waals surface area contributed by atoms with Gasteiger partial charge in [-0.1, -0.05) is 24.3 Å². The minimum absolute atomic E-state index is 0.299. The maximum Gasteiger partial charge on any atom is 0.255 e. The second kappa shape index (κ2) is 8.81. The Morgan fingerprint density at radius 3 is 2.43 bits per heavy atom. The number of carbonyl (C=O) groups excluding carboxylic acids is 2. The molecular formula is C22H19FN2O3. The molecule has 0 radical (unpaired) electrons. The van der Waals surface area contributed by atoms with E-state index in [0.29, 0.717) is 29.1 Å². The van der Waals surface area contributed by atoms with Gasteiger partial charge in [0.15, 0.2) is 0 Å². The molecule has 0 saturated carbocycles. The summed E-state index contributed by atoms with van der Waals surface area (Å²) in [4.78, 5) is 25.0. The van der Waals surface area contributed by atoms with Crippen LogP contribution in [0.1, 0.15) is 26.3 Å². The molecule has 2 amide bonds. The third kappa shape index (κ3) is 4.73. The SMILES string of the molecule is COc1cccc(CNC(=O)c2ccccc2NC(=O)c2ccc(F)cc2)c1. The van der Waals surface area contributed by atoms with E-state index < -0.39 is 11.7 Å². The summed E-state index contributed by atoms with van der Waals surface area (Å²) in [6.07, 6.45) is 0. The van der Waals surface area contributed by atoms with Crippen molar-refractivity contribution in [1.82, 2.24) is 5.32 Å². The van der Waals surface area contributed by atoms with Crippen LogP contribution in [0.15, 0.2) is 72.8 Å². The van der Waals surface area contributed by atoms with E-state index in [4.69, 9.17) is 4.74 Å². The summed E-state index contributed by atoms with van der Waals surface area (Å²) in [5, 5.41) is 5.53. The van der Waals surface area contributed by atoms with E-state index in [2.05, 4.69) is 10.6 Å². The van der Waals surface area contributed by atoms with Crippen molar-refractivity contribution < 1.29 is 18.7 Å². The molecule has 0 bridgehead atoms. The van der Waals surface area contributed by atoms with Crippen LogP contribution in [0.4, 0.5) is 10.1 Å². The van der Waals surface area contributed by atoms with Crippen molar-refractivity contribution in [2.45, 2.75) is 6.54 Å². The number of hydrogen-bond acceptors (Lipinski definition) is 3. The van der Waals surface area contributed by atoms with E-state index in [0.717, 1.165) is 5.56 Å². The molecule has 0 saturated heterocycles. The zero-order chi connectivity index (χ0) is 19.9. The minimum atomic E-state index is -0.423. The van der Waals surface area contributed by atoms with Gasteiger partial charge < -0.3 is 15.4 Å². The zero-order valence-electron chi connectivity index (χ0n) is 15.2.